The summed E-state index contributed by atoms with van der Waals surface area (Å²) < 4.78 is 25.4. The van der Waals surface area contributed by atoms with Gasteiger partial charge < -0.3 is 5.32 Å². The molecule has 9 heteroatoms. The monoisotopic (exact) mass is 357 g/mol. The van der Waals surface area contributed by atoms with E-state index in [4.69, 9.17) is 0 Å². The van der Waals surface area contributed by atoms with Gasteiger partial charge in [-0.25, -0.2) is 13.1 Å². The van der Waals surface area contributed by atoms with Crippen LogP contribution in [0.4, 0.5) is 5.95 Å². The number of nitrogens with zero attached hydrogens (tertiary/aromatic N) is 3. The summed E-state index contributed by atoms with van der Waals surface area (Å²) in [6.45, 7) is 3.87. The summed E-state index contributed by atoms with van der Waals surface area (Å²) in [6.07, 6.45) is 4.31. The average Bonchev–Trinajstić information content (AvgIpc) is 2.88. The van der Waals surface area contributed by atoms with Gasteiger partial charge in [0, 0.05) is 13.0 Å². The number of carbonyl (C=O) groups is 1. The molecule has 0 atom stereocenters. The van der Waals surface area contributed by atoms with Crippen LogP contribution in [-0.2, 0) is 21.7 Å². The third-order valence-corrected chi connectivity index (χ3v) is 5.76. The van der Waals surface area contributed by atoms with Gasteiger partial charge in [-0.05, 0) is 32.4 Å². The zero-order valence-corrected chi connectivity index (χ0v) is 15.2. The number of sulfone groups is 1. The highest BCUT2D eigenvalue weighted by Gasteiger charge is 2.22. The van der Waals surface area contributed by atoms with Crippen molar-refractivity contribution in [2.24, 2.45) is 7.05 Å². The van der Waals surface area contributed by atoms with E-state index < -0.39 is 21.5 Å². The van der Waals surface area contributed by atoms with E-state index in [9.17, 15) is 13.2 Å². The van der Waals surface area contributed by atoms with E-state index in [1.807, 2.05) is 6.92 Å². The Balaban J connectivity index is 1.92. The topological polar surface area (TPSA) is 106 Å². The first kappa shape index (κ1) is 18.9. The van der Waals surface area contributed by atoms with Crippen molar-refractivity contribution in [1.82, 2.24) is 20.1 Å². The zero-order chi connectivity index (χ0) is 17.6. The van der Waals surface area contributed by atoms with Gasteiger partial charge in [-0.3, -0.25) is 10.1 Å². The first-order valence-corrected chi connectivity index (χ1v) is 10.4. The highest BCUT2D eigenvalue weighted by atomic mass is 32.2. The lowest BCUT2D eigenvalue weighted by Crippen LogP contribution is -2.27. The van der Waals surface area contributed by atoms with Crippen molar-refractivity contribution in [3.05, 3.63) is 5.82 Å². The highest BCUT2D eigenvalue weighted by Crippen LogP contribution is 2.23. The number of hydrogen-bond donors (Lipinski definition) is 2. The molecule has 1 aromatic rings. The minimum Gasteiger partial charge on any atom is -0.317 e. The van der Waals surface area contributed by atoms with Gasteiger partial charge in [0.25, 0.3) is 0 Å². The summed E-state index contributed by atoms with van der Waals surface area (Å²) >= 11 is 0. The standard InChI is InChI=1S/C15H27N5O3S/c1-3-4-5-10-24(22,23)11-13(21)17-15-18-14(19-20(15)2)12-6-8-16-9-7-12/h12,16H,3-11H2,1-2H3,(H,17,18,19,21). The lowest BCUT2D eigenvalue weighted by molar-refractivity contribution is -0.114. The van der Waals surface area contributed by atoms with Crippen LogP contribution in [0.3, 0.4) is 0 Å². The maximum atomic E-state index is 12.0. The maximum Gasteiger partial charge on any atom is 0.241 e. The number of anilines is 1. The van der Waals surface area contributed by atoms with Gasteiger partial charge in [-0.1, -0.05) is 19.8 Å². The molecule has 0 saturated carbocycles. The predicted molar refractivity (Wildman–Crippen MR) is 92.7 cm³/mol. The molecule has 0 spiro atoms. The van der Waals surface area contributed by atoms with Crippen molar-refractivity contribution >= 4 is 21.7 Å². The third kappa shape index (κ3) is 5.55. The fourth-order valence-corrected chi connectivity index (χ4v) is 4.03. The van der Waals surface area contributed by atoms with E-state index >= 15 is 0 Å². The van der Waals surface area contributed by atoms with Crippen molar-refractivity contribution < 1.29 is 13.2 Å². The molecule has 0 unspecified atom stereocenters. The van der Waals surface area contributed by atoms with E-state index in [1.54, 1.807) is 7.05 Å². The Hall–Kier alpha value is -1.48. The fraction of sp³-hybridized carbons (Fsp3) is 0.800. The molecule has 1 amide bonds. The van der Waals surface area contributed by atoms with Gasteiger partial charge in [-0.15, -0.1) is 0 Å². The van der Waals surface area contributed by atoms with Gasteiger partial charge in [-0.2, -0.15) is 10.1 Å². The minimum absolute atomic E-state index is 0.0490. The Morgan fingerprint density at radius 3 is 2.71 bits per heavy atom. The second-order valence-electron chi connectivity index (χ2n) is 6.29. The number of unbranched alkanes of at least 4 members (excludes halogenated alkanes) is 2. The summed E-state index contributed by atoms with van der Waals surface area (Å²) in [5.74, 6) is 0.275. The molecule has 1 aliphatic rings. The highest BCUT2D eigenvalue weighted by molar-refractivity contribution is 7.92. The summed E-state index contributed by atoms with van der Waals surface area (Å²) in [5, 5.41) is 10.2. The maximum absolute atomic E-state index is 12.0. The third-order valence-electron chi connectivity index (χ3n) is 4.14. The second kappa shape index (κ2) is 8.57. The summed E-state index contributed by atoms with van der Waals surface area (Å²) in [6, 6.07) is 0. The van der Waals surface area contributed by atoms with Crippen LogP contribution in [0.15, 0.2) is 0 Å². The SMILES string of the molecule is CCCCCS(=O)(=O)CC(=O)Nc1nc(C2CCNCC2)nn1C. The lowest BCUT2D eigenvalue weighted by Gasteiger charge is -2.19. The molecule has 0 bridgehead atoms. The van der Waals surface area contributed by atoms with E-state index in [0.29, 0.717) is 18.2 Å². The zero-order valence-electron chi connectivity index (χ0n) is 14.4. The van der Waals surface area contributed by atoms with Crippen molar-refractivity contribution in [2.45, 2.75) is 44.9 Å². The number of carbonyl (C=O) groups excluding carboxylic acids is 1. The quantitative estimate of drug-likeness (QED) is 0.668. The van der Waals surface area contributed by atoms with Crippen LogP contribution in [0.25, 0.3) is 0 Å². The molecule has 0 aromatic carbocycles. The number of piperidine rings is 1. The molecule has 2 heterocycles. The van der Waals surface area contributed by atoms with Gasteiger partial charge in [0.05, 0.1) is 5.75 Å². The molecule has 0 radical (unpaired) electrons. The Morgan fingerprint density at radius 2 is 2.04 bits per heavy atom. The summed E-state index contributed by atoms with van der Waals surface area (Å²) in [7, 11) is -1.68. The first-order chi connectivity index (χ1) is 11.4. The molecular weight excluding hydrogens is 330 g/mol. The van der Waals surface area contributed by atoms with Crippen molar-refractivity contribution in [3.8, 4) is 0 Å². The number of aryl methyl sites for hydroxylation is 1. The molecule has 1 saturated heterocycles. The Bertz CT molecular complexity index is 650. The molecule has 136 valence electrons. The molecular formula is C15H27N5O3S. The van der Waals surface area contributed by atoms with Crippen LogP contribution in [-0.4, -0.2) is 53.7 Å². The van der Waals surface area contributed by atoms with E-state index in [0.717, 1.165) is 38.8 Å². The molecule has 1 aliphatic heterocycles. The molecule has 8 nitrogen and oxygen atoms in total. The molecule has 2 N–H and O–H groups in total. The van der Waals surface area contributed by atoms with Gasteiger partial charge in [0.1, 0.15) is 5.75 Å². The number of rotatable bonds is 8. The summed E-state index contributed by atoms with van der Waals surface area (Å²) in [5.41, 5.74) is 0. The van der Waals surface area contributed by atoms with Crippen LogP contribution in [0.5, 0.6) is 0 Å². The Labute approximate surface area is 143 Å². The lowest BCUT2D eigenvalue weighted by atomic mass is 9.98. The Kier molecular flexibility index (Phi) is 6.73. The summed E-state index contributed by atoms with van der Waals surface area (Å²) in [4.78, 5) is 16.4. The number of hydrogen-bond acceptors (Lipinski definition) is 6. The van der Waals surface area contributed by atoms with Crippen LogP contribution >= 0.6 is 0 Å². The van der Waals surface area contributed by atoms with Crippen LogP contribution in [0.2, 0.25) is 0 Å². The molecule has 1 fully saturated rings. The number of nitrogens with one attached hydrogen (secondary N) is 2. The average molecular weight is 357 g/mol. The molecule has 2 rings (SSSR count). The van der Waals surface area contributed by atoms with Gasteiger partial charge in [0.15, 0.2) is 15.7 Å². The van der Waals surface area contributed by atoms with E-state index in [1.165, 1.54) is 4.68 Å². The minimum atomic E-state index is -3.38. The number of amides is 1. The predicted octanol–water partition coefficient (Wildman–Crippen LogP) is 0.826. The normalized spacial score (nSPS) is 16.2. The van der Waals surface area contributed by atoms with Crippen molar-refractivity contribution in [2.75, 3.05) is 29.9 Å². The molecule has 0 aliphatic carbocycles. The van der Waals surface area contributed by atoms with Crippen LogP contribution in [0, 0.1) is 0 Å². The van der Waals surface area contributed by atoms with E-state index in [2.05, 4.69) is 20.7 Å². The fourth-order valence-electron chi connectivity index (χ4n) is 2.77. The van der Waals surface area contributed by atoms with Crippen LogP contribution < -0.4 is 10.6 Å². The second-order valence-corrected chi connectivity index (χ2v) is 8.47. The van der Waals surface area contributed by atoms with Gasteiger partial charge in [0.2, 0.25) is 11.9 Å². The van der Waals surface area contributed by atoms with Crippen LogP contribution in [0.1, 0.15) is 50.8 Å². The number of aromatic nitrogens is 3. The first-order valence-electron chi connectivity index (χ1n) is 8.53. The van der Waals surface area contributed by atoms with Crippen molar-refractivity contribution in [1.29, 1.82) is 0 Å². The smallest absolute Gasteiger partial charge is 0.241 e. The largest absolute Gasteiger partial charge is 0.317 e. The van der Waals surface area contributed by atoms with E-state index in [-0.39, 0.29) is 11.7 Å². The molecule has 24 heavy (non-hydrogen) atoms. The van der Waals surface area contributed by atoms with Crippen molar-refractivity contribution in [3.63, 3.8) is 0 Å². The Morgan fingerprint density at radius 1 is 1.33 bits per heavy atom. The van der Waals surface area contributed by atoms with Gasteiger partial charge >= 0.3 is 0 Å². The molecule has 1 aromatic heterocycles.